The molecule has 5 nitrogen and oxygen atoms in total. The summed E-state index contributed by atoms with van der Waals surface area (Å²) < 4.78 is 4.99. The maximum Gasteiger partial charge on any atom is 0.325 e. The number of likely N-dealkylation sites (N-methyl/N-ethyl adjacent to an activating group) is 1. The fourth-order valence-electron chi connectivity index (χ4n) is 3.02. The molecule has 1 atom stereocenters. The van der Waals surface area contributed by atoms with Crippen molar-refractivity contribution in [2.45, 2.75) is 50.6 Å². The van der Waals surface area contributed by atoms with Crippen LogP contribution in [0.2, 0.25) is 0 Å². The van der Waals surface area contributed by atoms with E-state index in [1.165, 1.54) is 46.1 Å². The van der Waals surface area contributed by atoms with Gasteiger partial charge in [-0.1, -0.05) is 0 Å². The molecule has 122 valence electrons. The zero-order valence-corrected chi connectivity index (χ0v) is 13.9. The summed E-state index contributed by atoms with van der Waals surface area (Å²) in [6.07, 6.45) is 5.46. The van der Waals surface area contributed by atoms with Crippen LogP contribution in [0.25, 0.3) is 0 Å². The van der Waals surface area contributed by atoms with Crippen molar-refractivity contribution in [1.82, 2.24) is 15.1 Å². The number of carbonyl (C=O) groups is 1. The highest BCUT2D eigenvalue weighted by atomic mass is 16.5. The van der Waals surface area contributed by atoms with Crippen molar-refractivity contribution in [1.29, 1.82) is 0 Å². The van der Waals surface area contributed by atoms with Gasteiger partial charge < -0.3 is 14.5 Å². The Balaban J connectivity index is 1.68. The minimum absolute atomic E-state index is 0.117. The zero-order chi connectivity index (χ0) is 15.3. The highest BCUT2D eigenvalue weighted by Gasteiger charge is 2.38. The molecule has 0 amide bonds. The normalized spacial score (nSPS) is 23.8. The molecule has 0 aromatic carbocycles. The van der Waals surface area contributed by atoms with Crippen LogP contribution in [0.4, 0.5) is 0 Å². The number of piperazine rings is 1. The van der Waals surface area contributed by atoms with E-state index < -0.39 is 5.54 Å². The largest absolute Gasteiger partial charge is 0.468 e. The maximum absolute atomic E-state index is 12.0. The molecule has 1 saturated heterocycles. The highest BCUT2D eigenvalue weighted by Crippen LogP contribution is 2.26. The summed E-state index contributed by atoms with van der Waals surface area (Å²) in [7, 11) is 3.67. The van der Waals surface area contributed by atoms with Crippen molar-refractivity contribution in [3.63, 3.8) is 0 Å². The van der Waals surface area contributed by atoms with Gasteiger partial charge in [0.2, 0.25) is 0 Å². The fourth-order valence-corrected chi connectivity index (χ4v) is 3.02. The average Bonchev–Trinajstić information content (AvgIpc) is 3.28. The second kappa shape index (κ2) is 7.56. The molecule has 0 bridgehead atoms. The number of hydrogen-bond donors (Lipinski definition) is 1. The van der Waals surface area contributed by atoms with E-state index in [1.54, 1.807) is 0 Å². The number of unbranched alkanes of at least 4 members (excludes halogenated alkanes) is 1. The molecule has 0 spiro atoms. The van der Waals surface area contributed by atoms with Gasteiger partial charge in [-0.2, -0.15) is 0 Å². The van der Waals surface area contributed by atoms with Gasteiger partial charge >= 0.3 is 5.97 Å². The number of hydrogen-bond acceptors (Lipinski definition) is 5. The Morgan fingerprint density at radius 1 is 1.24 bits per heavy atom. The summed E-state index contributed by atoms with van der Waals surface area (Å²) in [6.45, 7) is 7.82. The number of methoxy groups -OCH3 is 1. The average molecular weight is 297 g/mol. The number of ether oxygens (including phenoxy) is 1. The van der Waals surface area contributed by atoms with E-state index in [4.69, 9.17) is 4.74 Å². The number of nitrogens with one attached hydrogen (secondary N) is 1. The predicted molar refractivity (Wildman–Crippen MR) is 84.4 cm³/mol. The van der Waals surface area contributed by atoms with Crippen molar-refractivity contribution >= 4 is 5.97 Å². The summed E-state index contributed by atoms with van der Waals surface area (Å²) >= 11 is 0. The van der Waals surface area contributed by atoms with E-state index >= 15 is 0 Å². The van der Waals surface area contributed by atoms with Gasteiger partial charge in [0.15, 0.2) is 0 Å². The molecule has 2 rings (SSSR count). The number of carbonyl (C=O) groups excluding carboxylic acids is 1. The van der Waals surface area contributed by atoms with Crippen LogP contribution in [0, 0.1) is 0 Å². The van der Waals surface area contributed by atoms with Crippen molar-refractivity contribution in [2.75, 3.05) is 46.9 Å². The van der Waals surface area contributed by atoms with E-state index in [0.29, 0.717) is 6.04 Å². The third-order valence-corrected chi connectivity index (χ3v) is 4.73. The molecular weight excluding hydrogens is 266 g/mol. The van der Waals surface area contributed by atoms with Gasteiger partial charge in [0, 0.05) is 32.2 Å². The summed E-state index contributed by atoms with van der Waals surface area (Å²) in [5.41, 5.74) is -0.502. The first-order chi connectivity index (χ1) is 10.0. The van der Waals surface area contributed by atoms with E-state index in [-0.39, 0.29) is 5.97 Å². The summed E-state index contributed by atoms with van der Waals surface area (Å²) in [6, 6.07) is 0.520. The lowest BCUT2D eigenvalue weighted by atomic mass is 9.94. The van der Waals surface area contributed by atoms with Gasteiger partial charge in [0.05, 0.1) is 7.11 Å². The fraction of sp³-hybridized carbons (Fsp3) is 0.938. The quantitative estimate of drug-likeness (QED) is 0.537. The molecule has 0 radical (unpaired) electrons. The van der Waals surface area contributed by atoms with Gasteiger partial charge in [0.25, 0.3) is 0 Å². The Kier molecular flexibility index (Phi) is 6.02. The van der Waals surface area contributed by atoms with E-state index in [1.807, 2.05) is 6.92 Å². The van der Waals surface area contributed by atoms with Crippen molar-refractivity contribution in [2.24, 2.45) is 0 Å². The van der Waals surface area contributed by atoms with Gasteiger partial charge in [-0.3, -0.25) is 10.1 Å². The van der Waals surface area contributed by atoms with Crippen LogP contribution in [0.15, 0.2) is 0 Å². The lowest BCUT2D eigenvalue weighted by Crippen LogP contribution is -2.51. The standard InChI is InChI=1S/C16H31N3O2/c1-16(15(20)21-3,17-14-6-7-14)8-4-5-9-19-12-10-18(2)11-13-19/h14,17H,4-13H2,1-3H3. The van der Waals surface area contributed by atoms with E-state index in [2.05, 4.69) is 22.2 Å². The Hall–Kier alpha value is -0.650. The lowest BCUT2D eigenvalue weighted by molar-refractivity contribution is -0.148. The smallest absolute Gasteiger partial charge is 0.325 e. The summed E-state index contributed by atoms with van der Waals surface area (Å²) in [4.78, 5) is 16.9. The van der Waals surface area contributed by atoms with Crippen LogP contribution in [-0.4, -0.2) is 74.2 Å². The molecule has 2 aliphatic rings. The maximum atomic E-state index is 12.0. The second-order valence-electron chi connectivity index (χ2n) is 6.84. The van der Waals surface area contributed by atoms with Crippen LogP contribution in [0.1, 0.15) is 39.0 Å². The number of nitrogens with zero attached hydrogens (tertiary/aromatic N) is 2. The molecular formula is C16H31N3O2. The molecule has 1 N–H and O–H groups in total. The monoisotopic (exact) mass is 297 g/mol. The van der Waals surface area contributed by atoms with Crippen LogP contribution in [0.5, 0.6) is 0 Å². The number of esters is 1. The minimum atomic E-state index is -0.502. The van der Waals surface area contributed by atoms with Crippen LogP contribution in [0.3, 0.4) is 0 Å². The third-order valence-electron chi connectivity index (χ3n) is 4.73. The molecule has 5 heteroatoms. The topological polar surface area (TPSA) is 44.8 Å². The Morgan fingerprint density at radius 3 is 2.48 bits per heavy atom. The Bertz CT molecular complexity index is 338. The van der Waals surface area contributed by atoms with Gasteiger partial charge in [0.1, 0.15) is 5.54 Å². The Labute approximate surface area is 129 Å². The molecule has 0 aromatic rings. The molecule has 1 heterocycles. The summed E-state index contributed by atoms with van der Waals surface area (Å²) in [5, 5.41) is 3.47. The van der Waals surface area contributed by atoms with Crippen molar-refractivity contribution < 1.29 is 9.53 Å². The van der Waals surface area contributed by atoms with Crippen LogP contribution < -0.4 is 5.32 Å². The molecule has 1 aliphatic heterocycles. The molecule has 1 aliphatic carbocycles. The van der Waals surface area contributed by atoms with Crippen molar-refractivity contribution in [3.8, 4) is 0 Å². The summed E-state index contributed by atoms with van der Waals surface area (Å²) in [5.74, 6) is -0.117. The minimum Gasteiger partial charge on any atom is -0.468 e. The second-order valence-corrected chi connectivity index (χ2v) is 6.84. The molecule has 0 aromatic heterocycles. The first-order valence-corrected chi connectivity index (χ1v) is 8.30. The molecule has 21 heavy (non-hydrogen) atoms. The SMILES string of the molecule is COC(=O)C(C)(CCCCN1CCN(C)CC1)NC1CC1. The van der Waals surface area contributed by atoms with Gasteiger partial charge in [-0.15, -0.1) is 0 Å². The predicted octanol–water partition coefficient (Wildman–Crippen LogP) is 1.09. The first-order valence-electron chi connectivity index (χ1n) is 8.30. The highest BCUT2D eigenvalue weighted by molar-refractivity contribution is 5.80. The van der Waals surface area contributed by atoms with Gasteiger partial charge in [-0.25, -0.2) is 0 Å². The molecule has 2 fully saturated rings. The van der Waals surface area contributed by atoms with E-state index in [0.717, 1.165) is 25.8 Å². The lowest BCUT2D eigenvalue weighted by Gasteiger charge is -2.33. The van der Waals surface area contributed by atoms with Crippen LogP contribution >= 0.6 is 0 Å². The molecule has 1 saturated carbocycles. The molecule has 1 unspecified atom stereocenters. The van der Waals surface area contributed by atoms with Crippen LogP contribution in [-0.2, 0) is 9.53 Å². The Morgan fingerprint density at radius 2 is 1.90 bits per heavy atom. The third kappa shape index (κ3) is 5.24. The van der Waals surface area contributed by atoms with Crippen molar-refractivity contribution in [3.05, 3.63) is 0 Å². The first kappa shape index (κ1) is 16.7. The zero-order valence-electron chi connectivity index (χ0n) is 13.9. The van der Waals surface area contributed by atoms with E-state index in [9.17, 15) is 4.79 Å². The number of rotatable bonds is 8. The van der Waals surface area contributed by atoms with Gasteiger partial charge in [-0.05, 0) is 52.6 Å².